The Bertz CT molecular complexity index is 450. The van der Waals surface area contributed by atoms with Gasteiger partial charge in [-0.2, -0.15) is 0 Å². The number of hydrogen-bond acceptors (Lipinski definition) is 6. The van der Waals surface area contributed by atoms with E-state index in [1.165, 1.54) is 7.11 Å². The van der Waals surface area contributed by atoms with Gasteiger partial charge < -0.3 is 14.6 Å². The van der Waals surface area contributed by atoms with Gasteiger partial charge in [-0.1, -0.05) is 18.7 Å². The van der Waals surface area contributed by atoms with E-state index in [4.69, 9.17) is 4.74 Å². The summed E-state index contributed by atoms with van der Waals surface area (Å²) in [7, 11) is 3.36. The van der Waals surface area contributed by atoms with Crippen LogP contribution in [0.5, 0.6) is 0 Å². The molecule has 0 aliphatic rings. The summed E-state index contributed by atoms with van der Waals surface area (Å²) in [6.07, 6.45) is 1.65. The number of nitrogens with one attached hydrogen (secondary N) is 1. The first kappa shape index (κ1) is 17.0. The first-order valence-corrected chi connectivity index (χ1v) is 7.75. The van der Waals surface area contributed by atoms with E-state index in [-0.39, 0.29) is 5.97 Å². The summed E-state index contributed by atoms with van der Waals surface area (Å²) in [6.45, 7) is 6.66. The van der Waals surface area contributed by atoms with Crippen LogP contribution in [0.15, 0.2) is 5.16 Å². The lowest BCUT2D eigenvalue weighted by Crippen LogP contribution is -2.50. The minimum atomic E-state index is -0.647. The van der Waals surface area contributed by atoms with Crippen molar-refractivity contribution in [2.75, 3.05) is 19.4 Å². The Hall–Kier alpha value is -1.08. The quantitative estimate of drug-likeness (QED) is 0.580. The van der Waals surface area contributed by atoms with Crippen LogP contribution in [0.4, 0.5) is 0 Å². The maximum atomic E-state index is 11.9. The summed E-state index contributed by atoms with van der Waals surface area (Å²) in [5.41, 5.74) is -0.647. The lowest BCUT2D eigenvalue weighted by molar-refractivity contribution is -0.148. The van der Waals surface area contributed by atoms with Crippen molar-refractivity contribution in [1.29, 1.82) is 0 Å². The highest BCUT2D eigenvalue weighted by Crippen LogP contribution is 2.21. The predicted octanol–water partition coefficient (Wildman–Crippen LogP) is 1.54. The number of hydrogen-bond donors (Lipinski definition) is 1. The van der Waals surface area contributed by atoms with Crippen LogP contribution < -0.4 is 5.32 Å². The van der Waals surface area contributed by atoms with E-state index in [2.05, 4.69) is 22.4 Å². The second kappa shape index (κ2) is 7.64. The van der Waals surface area contributed by atoms with Crippen LogP contribution in [0.25, 0.3) is 0 Å². The number of rotatable bonds is 8. The Morgan fingerprint density at radius 3 is 2.70 bits per heavy atom. The van der Waals surface area contributed by atoms with E-state index in [9.17, 15) is 4.79 Å². The van der Waals surface area contributed by atoms with Crippen LogP contribution in [0.1, 0.15) is 32.5 Å². The second-order valence-electron chi connectivity index (χ2n) is 4.94. The molecule has 0 saturated heterocycles. The zero-order valence-electron chi connectivity index (χ0n) is 12.9. The molecule has 0 aliphatic carbocycles. The van der Waals surface area contributed by atoms with Crippen LogP contribution in [0, 0.1) is 6.92 Å². The van der Waals surface area contributed by atoms with Crippen LogP contribution in [0.2, 0.25) is 0 Å². The van der Waals surface area contributed by atoms with Gasteiger partial charge in [0.25, 0.3) is 0 Å². The molecule has 0 aliphatic heterocycles. The molecule has 1 aromatic heterocycles. The Kier molecular flexibility index (Phi) is 6.48. The number of nitrogens with zero attached hydrogens (tertiary/aromatic N) is 3. The molecule has 0 radical (unpaired) electrons. The molecule has 0 amide bonds. The number of carbonyl (C=O) groups is 1. The molecule has 114 valence electrons. The molecule has 1 N–H and O–H groups in total. The van der Waals surface area contributed by atoms with Gasteiger partial charge in [0.2, 0.25) is 0 Å². The summed E-state index contributed by atoms with van der Waals surface area (Å²) < 4.78 is 6.84. The molecule has 0 bridgehead atoms. The van der Waals surface area contributed by atoms with Gasteiger partial charge in [0.15, 0.2) is 5.16 Å². The van der Waals surface area contributed by atoms with E-state index in [0.29, 0.717) is 6.42 Å². The predicted molar refractivity (Wildman–Crippen MR) is 79.8 cm³/mol. The maximum absolute atomic E-state index is 11.9. The number of ether oxygens (including phenoxy) is 1. The standard InChI is InChI=1S/C13H24N4O2S/c1-6-8-14-13(3,11(18)19-5)7-9-20-12-16-15-10(2)17(12)4/h14H,6-9H2,1-5H3. The van der Waals surface area contributed by atoms with Crippen molar-refractivity contribution in [3.05, 3.63) is 5.82 Å². The van der Waals surface area contributed by atoms with Gasteiger partial charge in [-0.25, -0.2) is 0 Å². The average molecular weight is 300 g/mol. The molecule has 20 heavy (non-hydrogen) atoms. The Morgan fingerprint density at radius 2 is 2.20 bits per heavy atom. The van der Waals surface area contributed by atoms with Crippen molar-refractivity contribution in [1.82, 2.24) is 20.1 Å². The molecular weight excluding hydrogens is 276 g/mol. The van der Waals surface area contributed by atoms with Crippen LogP contribution in [-0.4, -0.2) is 45.7 Å². The fourth-order valence-corrected chi connectivity index (χ4v) is 2.87. The molecule has 0 spiro atoms. The van der Waals surface area contributed by atoms with E-state index < -0.39 is 5.54 Å². The zero-order valence-corrected chi connectivity index (χ0v) is 13.7. The molecule has 1 unspecified atom stereocenters. The van der Waals surface area contributed by atoms with Crippen molar-refractivity contribution in [3.63, 3.8) is 0 Å². The van der Waals surface area contributed by atoms with Gasteiger partial charge in [0.1, 0.15) is 11.4 Å². The fourth-order valence-electron chi connectivity index (χ4n) is 1.75. The fraction of sp³-hybridized carbons (Fsp3) is 0.769. The molecule has 0 fully saturated rings. The first-order chi connectivity index (χ1) is 9.44. The first-order valence-electron chi connectivity index (χ1n) is 6.77. The lowest BCUT2D eigenvalue weighted by Gasteiger charge is -2.27. The molecule has 7 heteroatoms. The highest BCUT2D eigenvalue weighted by molar-refractivity contribution is 7.99. The normalized spacial score (nSPS) is 14.1. The van der Waals surface area contributed by atoms with E-state index in [1.807, 2.05) is 25.5 Å². The van der Waals surface area contributed by atoms with E-state index >= 15 is 0 Å². The number of thioether (sulfide) groups is 1. The van der Waals surface area contributed by atoms with Crippen molar-refractivity contribution < 1.29 is 9.53 Å². The number of esters is 1. The van der Waals surface area contributed by atoms with Gasteiger partial charge in [-0.05, 0) is 33.2 Å². The molecule has 1 rings (SSSR count). The van der Waals surface area contributed by atoms with Gasteiger partial charge in [-0.3, -0.25) is 4.79 Å². The van der Waals surface area contributed by atoms with Crippen LogP contribution in [0.3, 0.4) is 0 Å². The minimum absolute atomic E-state index is 0.222. The largest absolute Gasteiger partial charge is 0.468 e. The van der Waals surface area contributed by atoms with Crippen molar-refractivity contribution >= 4 is 17.7 Å². The second-order valence-corrected chi connectivity index (χ2v) is 6.00. The van der Waals surface area contributed by atoms with Gasteiger partial charge in [-0.15, -0.1) is 10.2 Å². The maximum Gasteiger partial charge on any atom is 0.325 e. The summed E-state index contributed by atoms with van der Waals surface area (Å²) in [6, 6.07) is 0. The van der Waals surface area contributed by atoms with Gasteiger partial charge in [0.05, 0.1) is 7.11 Å². The third kappa shape index (κ3) is 4.21. The average Bonchev–Trinajstić information content (AvgIpc) is 2.76. The summed E-state index contributed by atoms with van der Waals surface area (Å²) in [5.74, 6) is 1.43. The molecule has 6 nitrogen and oxygen atoms in total. The highest BCUT2D eigenvalue weighted by Gasteiger charge is 2.33. The Morgan fingerprint density at radius 1 is 1.50 bits per heavy atom. The van der Waals surface area contributed by atoms with Crippen LogP contribution in [-0.2, 0) is 16.6 Å². The Labute approximate surface area is 124 Å². The van der Waals surface area contributed by atoms with E-state index in [1.54, 1.807) is 11.8 Å². The molecule has 1 heterocycles. The third-order valence-electron chi connectivity index (χ3n) is 3.29. The third-order valence-corrected chi connectivity index (χ3v) is 4.31. The number of methoxy groups -OCH3 is 1. The van der Waals surface area contributed by atoms with Crippen molar-refractivity contribution in [2.24, 2.45) is 7.05 Å². The van der Waals surface area contributed by atoms with Crippen molar-refractivity contribution in [3.8, 4) is 0 Å². The summed E-state index contributed by atoms with van der Waals surface area (Å²) in [4.78, 5) is 11.9. The number of aromatic nitrogens is 3. The van der Waals surface area contributed by atoms with Gasteiger partial charge in [0, 0.05) is 12.8 Å². The summed E-state index contributed by atoms with van der Waals surface area (Å²) >= 11 is 1.60. The monoisotopic (exact) mass is 300 g/mol. The topological polar surface area (TPSA) is 69.0 Å². The van der Waals surface area contributed by atoms with Gasteiger partial charge >= 0.3 is 5.97 Å². The summed E-state index contributed by atoms with van der Waals surface area (Å²) in [5, 5.41) is 12.3. The van der Waals surface area contributed by atoms with E-state index in [0.717, 1.165) is 29.7 Å². The Balaban J connectivity index is 2.58. The van der Waals surface area contributed by atoms with Crippen molar-refractivity contribution in [2.45, 2.75) is 44.3 Å². The van der Waals surface area contributed by atoms with Crippen LogP contribution >= 0.6 is 11.8 Å². The molecule has 0 saturated carbocycles. The smallest absolute Gasteiger partial charge is 0.325 e. The SMILES string of the molecule is CCCNC(C)(CCSc1nnc(C)n1C)C(=O)OC. The molecule has 1 atom stereocenters. The number of aryl methyl sites for hydroxylation is 1. The highest BCUT2D eigenvalue weighted by atomic mass is 32.2. The minimum Gasteiger partial charge on any atom is -0.468 e. The molecule has 0 aromatic carbocycles. The molecule has 1 aromatic rings. The molecular formula is C13H24N4O2S. The number of carbonyl (C=O) groups excluding carboxylic acids is 1. The zero-order chi connectivity index (χ0) is 15.2. The lowest BCUT2D eigenvalue weighted by atomic mass is 9.99.